The molecule has 4 heterocycles. The van der Waals surface area contributed by atoms with Crippen LogP contribution in [-0.2, 0) is 24.3 Å². The van der Waals surface area contributed by atoms with Gasteiger partial charge in [-0.1, -0.05) is 25.1 Å². The molecule has 7 rings (SSSR count). The van der Waals surface area contributed by atoms with Gasteiger partial charge in [0.2, 0.25) is 11.8 Å². The van der Waals surface area contributed by atoms with Gasteiger partial charge in [0.25, 0.3) is 6.43 Å². The number of aromatic nitrogens is 3. The molecule has 2 N–H and O–H groups in total. The number of piperazine rings is 1. The first-order chi connectivity index (χ1) is 22.9. The molecular formula is C36H42F2N6O3. The molecule has 2 fully saturated rings. The van der Waals surface area contributed by atoms with Gasteiger partial charge < -0.3 is 19.7 Å². The number of amides is 1. The summed E-state index contributed by atoms with van der Waals surface area (Å²) in [5.74, 6) is 1.79. The van der Waals surface area contributed by atoms with Crippen molar-refractivity contribution < 1.29 is 23.4 Å². The highest BCUT2D eigenvalue weighted by Crippen LogP contribution is 2.42. The van der Waals surface area contributed by atoms with Gasteiger partial charge in [-0.3, -0.25) is 14.6 Å². The molecule has 2 aliphatic heterocycles. The number of nitrogens with zero attached hydrogens (tertiary/aromatic N) is 5. The summed E-state index contributed by atoms with van der Waals surface area (Å²) in [6, 6.07) is 13.2. The zero-order valence-electron chi connectivity index (χ0n) is 26.8. The molecule has 11 heteroatoms. The van der Waals surface area contributed by atoms with Gasteiger partial charge in [-0.05, 0) is 71.7 Å². The molecule has 47 heavy (non-hydrogen) atoms. The van der Waals surface area contributed by atoms with Crippen molar-refractivity contribution in [1.82, 2.24) is 29.7 Å². The third kappa shape index (κ3) is 7.02. The first-order valence-electron chi connectivity index (χ1n) is 16.8. The number of aliphatic hydroxyl groups is 1. The van der Waals surface area contributed by atoms with E-state index in [4.69, 9.17) is 4.74 Å². The van der Waals surface area contributed by atoms with Gasteiger partial charge in [0.1, 0.15) is 17.7 Å². The second-order valence-electron chi connectivity index (χ2n) is 13.1. The number of carbonyl (C=O) groups excluding carboxylic acids is 1. The van der Waals surface area contributed by atoms with Gasteiger partial charge in [0.05, 0.1) is 18.4 Å². The number of aliphatic hydroxyl groups excluding tert-OH is 1. The number of H-pyrrole nitrogens is 1. The predicted molar refractivity (Wildman–Crippen MR) is 175 cm³/mol. The fourth-order valence-corrected chi connectivity index (χ4v) is 7.04. The van der Waals surface area contributed by atoms with Gasteiger partial charge in [-0.25, -0.2) is 18.7 Å². The Labute approximate surface area is 273 Å². The molecule has 2 aromatic carbocycles. The lowest BCUT2D eigenvalue weighted by Crippen LogP contribution is -2.46. The van der Waals surface area contributed by atoms with Crippen LogP contribution in [0.2, 0.25) is 0 Å². The summed E-state index contributed by atoms with van der Waals surface area (Å²) in [5, 5.41) is 10.0. The molecule has 1 saturated carbocycles. The Morgan fingerprint density at radius 1 is 1.06 bits per heavy atom. The van der Waals surface area contributed by atoms with Crippen LogP contribution in [0.4, 0.5) is 8.78 Å². The average Bonchev–Trinajstić information content (AvgIpc) is 3.84. The monoisotopic (exact) mass is 644 g/mol. The number of hydrogen-bond donors (Lipinski definition) is 2. The first-order valence-corrected chi connectivity index (χ1v) is 16.8. The maximum Gasteiger partial charge on any atom is 0.264 e. The molecular weight excluding hydrogens is 602 g/mol. The van der Waals surface area contributed by atoms with Gasteiger partial charge in [0, 0.05) is 69.5 Å². The molecule has 9 nitrogen and oxygen atoms in total. The first kappa shape index (κ1) is 31.7. The van der Waals surface area contributed by atoms with Crippen molar-refractivity contribution in [3.8, 4) is 11.6 Å². The highest BCUT2D eigenvalue weighted by Gasteiger charge is 2.29. The number of nitrogens with one attached hydrogen (secondary N) is 1. The topological polar surface area (TPSA) is 97.8 Å². The number of β-amino-alcohol motifs (C(OH)–C–C–N with tert-alkyl or cyclic N) is 1. The lowest BCUT2D eigenvalue weighted by molar-refractivity contribution is -0.131. The molecule has 0 bridgehead atoms. The van der Waals surface area contributed by atoms with Crippen molar-refractivity contribution >= 4 is 16.9 Å². The quantitative estimate of drug-likeness (QED) is 0.215. The van der Waals surface area contributed by atoms with E-state index < -0.39 is 6.43 Å². The minimum absolute atomic E-state index is 0.00388. The summed E-state index contributed by atoms with van der Waals surface area (Å²) in [5.41, 5.74) is 5.35. The lowest BCUT2D eigenvalue weighted by Gasteiger charge is -2.35. The second-order valence-corrected chi connectivity index (χ2v) is 13.1. The van der Waals surface area contributed by atoms with Crippen LogP contribution >= 0.6 is 0 Å². The van der Waals surface area contributed by atoms with Crippen LogP contribution in [0.25, 0.3) is 11.0 Å². The van der Waals surface area contributed by atoms with Crippen molar-refractivity contribution in [2.75, 3.05) is 45.9 Å². The molecule has 0 spiro atoms. The summed E-state index contributed by atoms with van der Waals surface area (Å²) < 4.78 is 34.7. The zero-order valence-corrected chi connectivity index (χ0v) is 26.8. The standard InChI is InChI=1S/C36H42F2N6O3/c1-2-24-20-44(33(46)16-23-3-4-26(30(15-23)34(37)38)19-43-11-9-42(10-12-43)13-14-45)21-27-17-28(7-8-29(24)27)47-36-31-18-32(25-5-6-25)41-35(31)39-22-40-36/h3-4,7-8,15,17-18,22,24-25,34,45H,2,5-6,9-14,16,19-21H2,1H3,(H,39,40,41)/t24-/m1/s1. The van der Waals surface area contributed by atoms with E-state index in [2.05, 4.69) is 43.8 Å². The minimum Gasteiger partial charge on any atom is -0.438 e. The predicted octanol–water partition coefficient (Wildman–Crippen LogP) is 5.75. The van der Waals surface area contributed by atoms with Crippen LogP contribution in [0, 0.1) is 0 Å². The zero-order chi connectivity index (χ0) is 32.5. The summed E-state index contributed by atoms with van der Waals surface area (Å²) in [7, 11) is 0. The van der Waals surface area contributed by atoms with E-state index >= 15 is 0 Å². The number of aromatic amines is 1. The Hall–Kier alpha value is -3.93. The minimum atomic E-state index is -2.62. The molecule has 1 atom stereocenters. The summed E-state index contributed by atoms with van der Waals surface area (Å²) >= 11 is 0. The average molecular weight is 645 g/mol. The lowest BCUT2D eigenvalue weighted by atomic mass is 9.87. The van der Waals surface area contributed by atoms with E-state index in [1.165, 1.54) is 36.5 Å². The van der Waals surface area contributed by atoms with E-state index in [9.17, 15) is 18.7 Å². The number of hydrogen-bond acceptors (Lipinski definition) is 7. The number of benzene rings is 2. The highest BCUT2D eigenvalue weighted by atomic mass is 19.3. The molecule has 3 aliphatic rings. The number of rotatable bonds is 11. The van der Waals surface area contributed by atoms with Crippen LogP contribution < -0.4 is 4.74 Å². The SMILES string of the molecule is CC[C@@H]1CN(C(=O)Cc2ccc(CN3CCN(CCO)CC3)c(C(F)F)c2)Cc2cc(Oc3ncnc4[nH]c(C5CC5)cc34)ccc21. The summed E-state index contributed by atoms with van der Waals surface area (Å²) in [6.07, 6.45) is 2.18. The molecule has 1 aliphatic carbocycles. The molecule has 1 saturated heterocycles. The number of carbonyl (C=O) groups is 1. The second kappa shape index (κ2) is 13.7. The molecule has 4 aromatic rings. The van der Waals surface area contributed by atoms with Crippen LogP contribution in [-0.4, -0.2) is 86.5 Å². The Balaban J connectivity index is 1.04. The van der Waals surface area contributed by atoms with Crippen LogP contribution in [0.3, 0.4) is 0 Å². The largest absolute Gasteiger partial charge is 0.438 e. The maximum atomic E-state index is 14.2. The highest BCUT2D eigenvalue weighted by molar-refractivity contribution is 5.82. The molecule has 1 amide bonds. The third-order valence-corrected chi connectivity index (χ3v) is 9.92. The molecule has 248 valence electrons. The number of ether oxygens (including phenoxy) is 1. The normalized spacial score (nSPS) is 19.0. The van der Waals surface area contributed by atoms with Gasteiger partial charge in [0.15, 0.2) is 0 Å². The van der Waals surface area contributed by atoms with Crippen molar-refractivity contribution in [1.29, 1.82) is 0 Å². The van der Waals surface area contributed by atoms with E-state index in [0.717, 1.165) is 49.2 Å². The van der Waals surface area contributed by atoms with E-state index in [1.807, 2.05) is 23.1 Å². The van der Waals surface area contributed by atoms with E-state index in [1.54, 1.807) is 6.07 Å². The van der Waals surface area contributed by atoms with Crippen LogP contribution in [0.5, 0.6) is 11.6 Å². The summed E-state index contributed by atoms with van der Waals surface area (Å²) in [6.45, 7) is 7.48. The fraction of sp³-hybridized carbons (Fsp3) is 0.472. The van der Waals surface area contributed by atoms with Crippen molar-refractivity contribution in [3.05, 3.63) is 82.3 Å². The van der Waals surface area contributed by atoms with Gasteiger partial charge in [-0.15, -0.1) is 0 Å². The Morgan fingerprint density at radius 3 is 2.62 bits per heavy atom. The Kier molecular flexibility index (Phi) is 9.20. The van der Waals surface area contributed by atoms with Gasteiger partial charge in [-0.2, -0.15) is 0 Å². The van der Waals surface area contributed by atoms with Crippen LogP contribution in [0.15, 0.2) is 48.8 Å². The third-order valence-electron chi connectivity index (χ3n) is 9.92. The Bertz CT molecular complexity index is 1730. The molecule has 0 radical (unpaired) electrons. The number of fused-ring (bicyclic) bond motifs is 2. The van der Waals surface area contributed by atoms with Crippen molar-refractivity contribution in [2.45, 2.75) is 64.0 Å². The van der Waals surface area contributed by atoms with Gasteiger partial charge >= 0.3 is 0 Å². The van der Waals surface area contributed by atoms with Crippen LogP contribution in [0.1, 0.15) is 78.0 Å². The van der Waals surface area contributed by atoms with E-state index in [-0.39, 0.29) is 30.4 Å². The molecule has 2 aromatic heterocycles. The summed E-state index contributed by atoms with van der Waals surface area (Å²) in [4.78, 5) is 32.0. The number of halogens is 2. The number of alkyl halides is 2. The Morgan fingerprint density at radius 2 is 1.87 bits per heavy atom. The van der Waals surface area contributed by atoms with E-state index in [0.29, 0.717) is 54.9 Å². The maximum absolute atomic E-state index is 14.2. The van der Waals surface area contributed by atoms with Crippen molar-refractivity contribution in [3.63, 3.8) is 0 Å². The fourth-order valence-electron chi connectivity index (χ4n) is 7.04. The molecule has 0 unspecified atom stereocenters. The smallest absolute Gasteiger partial charge is 0.264 e. The van der Waals surface area contributed by atoms with Crippen molar-refractivity contribution in [2.24, 2.45) is 0 Å².